The molecule has 1 aliphatic heterocycles. The van der Waals surface area contributed by atoms with Gasteiger partial charge in [0.25, 0.3) is 5.24 Å². The van der Waals surface area contributed by atoms with Gasteiger partial charge in [-0.3, -0.25) is 14.5 Å². The topological polar surface area (TPSA) is 89.7 Å². The minimum absolute atomic E-state index is 0.0527. The Bertz CT molecular complexity index is 335. The van der Waals surface area contributed by atoms with Crippen molar-refractivity contribution >= 4 is 29.0 Å². The van der Waals surface area contributed by atoms with E-state index < -0.39 is 17.6 Å². The quantitative estimate of drug-likeness (QED) is 0.823. The molecular formula is C10H16N2O4S. The maximum Gasteiger partial charge on any atom is 0.404 e. The number of amides is 3. The van der Waals surface area contributed by atoms with Gasteiger partial charge in [-0.2, -0.15) is 0 Å². The Balaban J connectivity index is 2.75. The molecule has 6 nitrogen and oxygen atoms in total. The van der Waals surface area contributed by atoms with Crippen molar-refractivity contribution < 1.29 is 19.1 Å². The second-order valence-corrected chi connectivity index (χ2v) is 5.78. The summed E-state index contributed by atoms with van der Waals surface area (Å²) in [5.41, 5.74) is 4.58. The highest BCUT2D eigenvalue weighted by Crippen LogP contribution is 2.26. The molecule has 0 aromatic rings. The first-order valence-electron chi connectivity index (χ1n) is 5.15. The van der Waals surface area contributed by atoms with Crippen LogP contribution in [0.15, 0.2) is 0 Å². The van der Waals surface area contributed by atoms with Gasteiger partial charge >= 0.3 is 6.09 Å². The monoisotopic (exact) mass is 260 g/mol. The molecule has 3 amide bonds. The number of hydrogen-bond donors (Lipinski definition) is 1. The Labute approximate surface area is 104 Å². The number of imide groups is 1. The Morgan fingerprint density at radius 2 is 2.12 bits per heavy atom. The normalized spacial score (nSPS) is 18.4. The lowest BCUT2D eigenvalue weighted by Crippen LogP contribution is -2.45. The molecule has 1 rings (SSSR count). The van der Waals surface area contributed by atoms with Gasteiger partial charge in [0, 0.05) is 5.41 Å². The molecule has 1 saturated heterocycles. The maximum atomic E-state index is 11.4. The second kappa shape index (κ2) is 4.95. The van der Waals surface area contributed by atoms with Crippen LogP contribution in [0, 0.1) is 5.41 Å². The molecular weight excluding hydrogens is 244 g/mol. The highest BCUT2D eigenvalue weighted by Gasteiger charge is 2.37. The third-order valence-electron chi connectivity index (χ3n) is 2.41. The van der Waals surface area contributed by atoms with Crippen LogP contribution in [0.1, 0.15) is 20.8 Å². The fourth-order valence-corrected chi connectivity index (χ4v) is 2.09. The number of carbonyl (C=O) groups excluding carboxylic acids is 3. The lowest BCUT2D eigenvalue weighted by molar-refractivity contribution is -0.126. The Kier molecular flexibility index (Phi) is 4.03. The van der Waals surface area contributed by atoms with E-state index >= 15 is 0 Å². The molecule has 1 heterocycles. The second-order valence-electron chi connectivity index (χ2n) is 4.85. The van der Waals surface area contributed by atoms with Gasteiger partial charge < -0.3 is 10.5 Å². The van der Waals surface area contributed by atoms with Crippen molar-refractivity contribution in [1.29, 1.82) is 0 Å². The van der Waals surface area contributed by atoms with Crippen molar-refractivity contribution in [2.45, 2.75) is 26.9 Å². The van der Waals surface area contributed by atoms with Gasteiger partial charge in [-0.05, 0) is 0 Å². The highest BCUT2D eigenvalue weighted by molar-refractivity contribution is 8.14. The molecule has 0 aromatic carbocycles. The third kappa shape index (κ3) is 3.62. The number of ether oxygens (including phenoxy) is 1. The van der Waals surface area contributed by atoms with E-state index in [0.29, 0.717) is 0 Å². The average Bonchev–Trinajstić information content (AvgIpc) is 2.46. The maximum absolute atomic E-state index is 11.4. The van der Waals surface area contributed by atoms with Crippen molar-refractivity contribution in [1.82, 2.24) is 4.90 Å². The van der Waals surface area contributed by atoms with E-state index in [1.54, 1.807) is 0 Å². The van der Waals surface area contributed by atoms with Crippen molar-refractivity contribution in [2.75, 3.05) is 12.3 Å². The minimum atomic E-state index is -0.906. The van der Waals surface area contributed by atoms with E-state index in [9.17, 15) is 14.4 Å². The molecule has 1 aliphatic rings. The van der Waals surface area contributed by atoms with E-state index in [1.165, 1.54) is 0 Å². The summed E-state index contributed by atoms with van der Waals surface area (Å²) in [6.45, 7) is 5.59. The molecule has 0 spiro atoms. The molecule has 0 aromatic heterocycles. The lowest BCUT2D eigenvalue weighted by atomic mass is 9.88. The molecule has 2 N–H and O–H groups in total. The Morgan fingerprint density at radius 3 is 2.47 bits per heavy atom. The predicted octanol–water partition coefficient (Wildman–Crippen LogP) is 1.19. The van der Waals surface area contributed by atoms with Crippen LogP contribution in [0.4, 0.5) is 9.59 Å². The fraction of sp³-hybridized carbons (Fsp3) is 0.700. The van der Waals surface area contributed by atoms with Crippen LogP contribution in [0.3, 0.4) is 0 Å². The van der Waals surface area contributed by atoms with Gasteiger partial charge in [-0.15, -0.1) is 0 Å². The van der Waals surface area contributed by atoms with E-state index in [4.69, 9.17) is 10.5 Å². The number of carbonyl (C=O) groups is 3. The molecule has 1 fully saturated rings. The minimum Gasteiger partial charge on any atom is -0.444 e. The van der Waals surface area contributed by atoms with Crippen molar-refractivity contribution in [3.63, 3.8) is 0 Å². The van der Waals surface area contributed by atoms with Gasteiger partial charge in [-0.1, -0.05) is 32.5 Å². The summed E-state index contributed by atoms with van der Waals surface area (Å²) in [7, 11) is 0. The smallest absolute Gasteiger partial charge is 0.404 e. The molecule has 96 valence electrons. The molecule has 1 unspecified atom stereocenters. The van der Waals surface area contributed by atoms with Gasteiger partial charge in [0.1, 0.15) is 6.10 Å². The fourth-order valence-electron chi connectivity index (χ4n) is 1.35. The summed E-state index contributed by atoms with van der Waals surface area (Å²) < 4.78 is 4.96. The van der Waals surface area contributed by atoms with Gasteiger partial charge in [0.05, 0.1) is 12.3 Å². The van der Waals surface area contributed by atoms with E-state index in [0.717, 1.165) is 16.7 Å². The van der Waals surface area contributed by atoms with E-state index in [1.807, 2.05) is 20.8 Å². The standard InChI is InChI=1S/C10H16N2O4S/c1-10(2,3)6(16-8(11)14)4-12-7(13)5-17-9(12)15/h6H,4-5H2,1-3H3,(H2,11,14). The first-order chi connectivity index (χ1) is 7.71. The van der Waals surface area contributed by atoms with E-state index in [-0.39, 0.29) is 23.4 Å². The van der Waals surface area contributed by atoms with Crippen LogP contribution in [0.5, 0.6) is 0 Å². The van der Waals surface area contributed by atoms with Crippen LogP contribution < -0.4 is 5.73 Å². The number of rotatable bonds is 3. The number of nitrogens with zero attached hydrogens (tertiary/aromatic N) is 1. The largest absolute Gasteiger partial charge is 0.444 e. The van der Waals surface area contributed by atoms with E-state index in [2.05, 4.69) is 0 Å². The zero-order valence-corrected chi connectivity index (χ0v) is 10.9. The molecule has 1 atom stereocenters. The summed E-state index contributed by atoms with van der Waals surface area (Å²) in [5.74, 6) is -0.117. The first-order valence-corrected chi connectivity index (χ1v) is 6.13. The van der Waals surface area contributed by atoms with Crippen molar-refractivity contribution in [2.24, 2.45) is 11.1 Å². The van der Waals surface area contributed by atoms with Crippen molar-refractivity contribution in [3.8, 4) is 0 Å². The molecule has 0 radical (unpaired) electrons. The lowest BCUT2D eigenvalue weighted by Gasteiger charge is -2.31. The average molecular weight is 260 g/mol. The van der Waals surface area contributed by atoms with Crippen molar-refractivity contribution in [3.05, 3.63) is 0 Å². The Morgan fingerprint density at radius 1 is 1.53 bits per heavy atom. The van der Waals surface area contributed by atoms with Gasteiger partial charge in [-0.25, -0.2) is 4.79 Å². The zero-order chi connectivity index (χ0) is 13.2. The van der Waals surface area contributed by atoms with Crippen LogP contribution in [0.25, 0.3) is 0 Å². The molecule has 0 aliphatic carbocycles. The summed E-state index contributed by atoms with van der Waals surface area (Å²) in [5, 5.41) is -0.308. The third-order valence-corrected chi connectivity index (χ3v) is 3.27. The van der Waals surface area contributed by atoms with Crippen LogP contribution in [-0.4, -0.2) is 40.5 Å². The number of primary amides is 1. The molecule has 0 saturated carbocycles. The number of thioether (sulfide) groups is 1. The summed E-state index contributed by atoms with van der Waals surface area (Å²) >= 11 is 0.951. The SMILES string of the molecule is CC(C)(C)C(CN1C(=O)CSC1=O)OC(N)=O. The highest BCUT2D eigenvalue weighted by atomic mass is 32.2. The molecule has 7 heteroatoms. The van der Waals surface area contributed by atoms with Gasteiger partial charge in [0.15, 0.2) is 0 Å². The predicted molar refractivity (Wildman–Crippen MR) is 63.5 cm³/mol. The Hall–Kier alpha value is -1.24. The number of hydrogen-bond acceptors (Lipinski definition) is 5. The number of nitrogens with two attached hydrogens (primary N) is 1. The molecule has 17 heavy (non-hydrogen) atoms. The zero-order valence-electron chi connectivity index (χ0n) is 10.1. The summed E-state index contributed by atoms with van der Waals surface area (Å²) in [6, 6.07) is 0. The van der Waals surface area contributed by atoms with Gasteiger partial charge in [0.2, 0.25) is 5.91 Å². The molecule has 0 bridgehead atoms. The summed E-state index contributed by atoms with van der Waals surface area (Å²) in [6.07, 6.45) is -1.51. The first kappa shape index (κ1) is 13.8. The van der Waals surface area contributed by atoms with Crippen LogP contribution in [-0.2, 0) is 9.53 Å². The van der Waals surface area contributed by atoms with Crippen LogP contribution >= 0.6 is 11.8 Å². The summed E-state index contributed by atoms with van der Waals surface area (Å²) in [4.78, 5) is 34.8. The van der Waals surface area contributed by atoms with Crippen LogP contribution in [0.2, 0.25) is 0 Å².